The number of aromatic nitrogens is 1. The molecule has 0 aliphatic rings. The van der Waals surface area contributed by atoms with E-state index in [9.17, 15) is 0 Å². The molecule has 2 N–H and O–H groups in total. The lowest BCUT2D eigenvalue weighted by Gasteiger charge is -2.14. The summed E-state index contributed by atoms with van der Waals surface area (Å²) in [7, 11) is 3.94. The lowest BCUT2D eigenvalue weighted by atomic mass is 10.1. The van der Waals surface area contributed by atoms with Gasteiger partial charge in [-0.15, -0.1) is 0 Å². The summed E-state index contributed by atoms with van der Waals surface area (Å²) in [5, 5.41) is 2.10. The number of fused-ring (bicyclic) bond motifs is 1. The smallest absolute Gasteiger partial charge is 0.135 e. The largest absolute Gasteiger partial charge is 0.397 e. The number of rotatable bonds is 1. The van der Waals surface area contributed by atoms with Gasteiger partial charge >= 0.3 is 0 Å². The number of nitrogens with zero attached hydrogens (tertiary/aromatic N) is 2. The fourth-order valence-corrected chi connectivity index (χ4v) is 1.94. The molecule has 0 bridgehead atoms. The van der Waals surface area contributed by atoms with E-state index in [0.717, 1.165) is 26.8 Å². The molecule has 1 aromatic carbocycles. The lowest BCUT2D eigenvalue weighted by molar-refractivity contribution is 1.08. The summed E-state index contributed by atoms with van der Waals surface area (Å²) in [5.41, 5.74) is 6.76. The van der Waals surface area contributed by atoms with Crippen LogP contribution in [-0.4, -0.2) is 19.1 Å². The van der Waals surface area contributed by atoms with Gasteiger partial charge < -0.3 is 10.6 Å². The number of hydrogen-bond donors (Lipinski definition) is 1. The first-order valence-electron chi connectivity index (χ1n) is 4.61. The Morgan fingerprint density at radius 2 is 1.93 bits per heavy atom. The van der Waals surface area contributed by atoms with Gasteiger partial charge in [0.25, 0.3) is 0 Å². The van der Waals surface area contributed by atoms with Crippen molar-refractivity contribution in [3.63, 3.8) is 0 Å². The second kappa shape index (κ2) is 3.70. The molecule has 0 atom stereocenters. The van der Waals surface area contributed by atoms with E-state index >= 15 is 0 Å². The van der Waals surface area contributed by atoms with Gasteiger partial charge in [-0.3, -0.25) is 0 Å². The third kappa shape index (κ3) is 1.65. The predicted molar refractivity (Wildman–Crippen MR) is 68.2 cm³/mol. The molecule has 0 radical (unpaired) electrons. The van der Waals surface area contributed by atoms with Gasteiger partial charge in [0, 0.05) is 35.5 Å². The Labute approximate surface area is 97.0 Å². The molecule has 0 saturated carbocycles. The van der Waals surface area contributed by atoms with Crippen LogP contribution in [0.5, 0.6) is 0 Å². The van der Waals surface area contributed by atoms with E-state index in [-0.39, 0.29) is 0 Å². The van der Waals surface area contributed by atoms with Crippen LogP contribution in [0.25, 0.3) is 10.8 Å². The minimum absolute atomic E-state index is 0.762. The second-order valence-corrected chi connectivity index (χ2v) is 4.44. The molecule has 78 valence electrons. The number of hydrogen-bond acceptors (Lipinski definition) is 3. The average molecular weight is 266 g/mol. The highest BCUT2D eigenvalue weighted by Gasteiger charge is 2.07. The van der Waals surface area contributed by atoms with E-state index in [0.29, 0.717) is 0 Å². The maximum absolute atomic E-state index is 5.99. The van der Waals surface area contributed by atoms with Crippen LogP contribution in [0.15, 0.2) is 28.9 Å². The quantitative estimate of drug-likeness (QED) is 0.807. The summed E-state index contributed by atoms with van der Waals surface area (Å²) in [5.74, 6) is 0.937. The highest BCUT2D eigenvalue weighted by atomic mass is 79.9. The first kappa shape index (κ1) is 10.2. The SMILES string of the molecule is CN(C)c1nccc2c(N)c(Br)ccc12. The fraction of sp³-hybridized carbons (Fsp3) is 0.182. The number of pyridine rings is 1. The van der Waals surface area contributed by atoms with Crippen molar-refractivity contribution >= 4 is 38.2 Å². The van der Waals surface area contributed by atoms with Crippen molar-refractivity contribution in [1.82, 2.24) is 4.98 Å². The summed E-state index contributed by atoms with van der Waals surface area (Å²) in [6.45, 7) is 0. The van der Waals surface area contributed by atoms with Gasteiger partial charge in [-0.05, 0) is 34.1 Å². The molecule has 0 saturated heterocycles. The molecular weight excluding hydrogens is 254 g/mol. The molecule has 0 aliphatic heterocycles. The highest BCUT2D eigenvalue weighted by Crippen LogP contribution is 2.32. The zero-order chi connectivity index (χ0) is 11.0. The molecule has 1 heterocycles. The van der Waals surface area contributed by atoms with Gasteiger partial charge in [-0.1, -0.05) is 0 Å². The Morgan fingerprint density at radius 3 is 2.60 bits per heavy atom. The van der Waals surface area contributed by atoms with Crippen molar-refractivity contribution in [2.24, 2.45) is 0 Å². The summed E-state index contributed by atoms with van der Waals surface area (Å²) < 4.78 is 0.922. The monoisotopic (exact) mass is 265 g/mol. The minimum Gasteiger partial charge on any atom is -0.397 e. The highest BCUT2D eigenvalue weighted by molar-refractivity contribution is 9.10. The van der Waals surface area contributed by atoms with E-state index in [1.165, 1.54) is 0 Å². The maximum atomic E-state index is 5.99. The Bertz CT molecular complexity index is 508. The molecule has 1 aromatic heterocycles. The number of nitrogens with two attached hydrogens (primary N) is 1. The van der Waals surface area contributed by atoms with Crippen LogP contribution in [0.1, 0.15) is 0 Å². The lowest BCUT2D eigenvalue weighted by Crippen LogP contribution is -2.11. The number of nitrogen functional groups attached to an aromatic ring is 1. The van der Waals surface area contributed by atoms with E-state index in [1.54, 1.807) is 6.20 Å². The number of anilines is 2. The summed E-state index contributed by atoms with van der Waals surface area (Å²) in [6.07, 6.45) is 1.78. The molecule has 0 fully saturated rings. The van der Waals surface area contributed by atoms with E-state index < -0.39 is 0 Å². The Morgan fingerprint density at radius 1 is 1.20 bits per heavy atom. The number of benzene rings is 1. The molecule has 0 unspecified atom stereocenters. The zero-order valence-corrected chi connectivity index (χ0v) is 10.2. The molecular formula is C11H12BrN3. The van der Waals surface area contributed by atoms with Crippen LogP contribution in [-0.2, 0) is 0 Å². The molecule has 3 nitrogen and oxygen atoms in total. The maximum Gasteiger partial charge on any atom is 0.135 e. The van der Waals surface area contributed by atoms with Crippen molar-refractivity contribution in [2.45, 2.75) is 0 Å². The molecule has 2 rings (SSSR count). The van der Waals surface area contributed by atoms with Crippen molar-refractivity contribution < 1.29 is 0 Å². The first-order valence-corrected chi connectivity index (χ1v) is 5.40. The van der Waals surface area contributed by atoms with Crippen LogP contribution < -0.4 is 10.6 Å². The van der Waals surface area contributed by atoms with Crippen LogP contribution in [0.3, 0.4) is 0 Å². The number of halogens is 1. The predicted octanol–water partition coefficient (Wildman–Crippen LogP) is 2.65. The van der Waals surface area contributed by atoms with Gasteiger partial charge in [0.15, 0.2) is 0 Å². The van der Waals surface area contributed by atoms with Crippen LogP contribution in [0, 0.1) is 0 Å². The molecule has 0 aliphatic carbocycles. The van der Waals surface area contributed by atoms with Gasteiger partial charge in [0.05, 0.1) is 5.69 Å². The Kier molecular flexibility index (Phi) is 2.52. The molecule has 0 spiro atoms. The summed E-state index contributed by atoms with van der Waals surface area (Å²) in [6, 6.07) is 5.91. The van der Waals surface area contributed by atoms with Crippen molar-refractivity contribution in [3.8, 4) is 0 Å². The van der Waals surface area contributed by atoms with E-state index in [2.05, 4.69) is 20.9 Å². The third-order valence-corrected chi connectivity index (χ3v) is 3.03. The summed E-state index contributed by atoms with van der Waals surface area (Å²) in [4.78, 5) is 6.31. The summed E-state index contributed by atoms with van der Waals surface area (Å²) >= 11 is 3.42. The molecule has 15 heavy (non-hydrogen) atoms. The van der Waals surface area contributed by atoms with Crippen LogP contribution in [0.2, 0.25) is 0 Å². The van der Waals surface area contributed by atoms with Gasteiger partial charge in [0.1, 0.15) is 5.82 Å². The third-order valence-electron chi connectivity index (χ3n) is 2.34. The first-order chi connectivity index (χ1) is 7.11. The Hall–Kier alpha value is -1.29. The molecule has 0 amide bonds. The van der Waals surface area contributed by atoms with Crippen molar-refractivity contribution in [3.05, 3.63) is 28.9 Å². The second-order valence-electron chi connectivity index (χ2n) is 3.59. The zero-order valence-electron chi connectivity index (χ0n) is 8.66. The van der Waals surface area contributed by atoms with Crippen LogP contribution >= 0.6 is 15.9 Å². The average Bonchev–Trinajstić information content (AvgIpc) is 2.23. The van der Waals surface area contributed by atoms with Gasteiger partial charge in [-0.2, -0.15) is 0 Å². The fourth-order valence-electron chi connectivity index (χ4n) is 1.59. The topological polar surface area (TPSA) is 42.2 Å². The van der Waals surface area contributed by atoms with Gasteiger partial charge in [0.2, 0.25) is 0 Å². The standard InChI is InChI=1S/C11H12BrN3/c1-15(2)11-8-3-4-9(12)10(13)7(8)5-6-14-11/h3-6H,13H2,1-2H3. The Balaban J connectivity index is 2.83. The molecule has 2 aromatic rings. The normalized spacial score (nSPS) is 10.6. The van der Waals surface area contributed by atoms with Crippen molar-refractivity contribution in [2.75, 3.05) is 24.7 Å². The molecule has 4 heteroatoms. The van der Waals surface area contributed by atoms with Crippen LogP contribution in [0.4, 0.5) is 11.5 Å². The van der Waals surface area contributed by atoms with Gasteiger partial charge in [-0.25, -0.2) is 4.98 Å². The van der Waals surface area contributed by atoms with E-state index in [1.807, 2.05) is 37.2 Å². The minimum atomic E-state index is 0.762. The van der Waals surface area contributed by atoms with Crippen molar-refractivity contribution in [1.29, 1.82) is 0 Å². The van der Waals surface area contributed by atoms with E-state index in [4.69, 9.17) is 5.73 Å².